The summed E-state index contributed by atoms with van der Waals surface area (Å²) in [5.41, 5.74) is 5.74. The zero-order valence-corrected chi connectivity index (χ0v) is 13.5. The molecule has 0 aliphatic rings. The Kier molecular flexibility index (Phi) is 3.42. The van der Waals surface area contributed by atoms with E-state index in [0.29, 0.717) is 5.92 Å². The van der Waals surface area contributed by atoms with Gasteiger partial charge in [-0.15, -0.1) is 0 Å². The molecular weight excluding hydrogens is 280 g/mol. The first-order valence-electron chi connectivity index (χ1n) is 8.21. The molecule has 0 fully saturated rings. The number of furan rings is 1. The monoisotopic (exact) mass is 300 g/mol. The molecule has 4 rings (SSSR count). The van der Waals surface area contributed by atoms with Crippen LogP contribution >= 0.6 is 0 Å². The Balaban J connectivity index is 1.75. The highest BCUT2D eigenvalue weighted by Crippen LogP contribution is 2.32. The molecule has 0 unspecified atom stereocenters. The van der Waals surface area contributed by atoms with Gasteiger partial charge in [0.25, 0.3) is 0 Å². The van der Waals surface area contributed by atoms with Crippen LogP contribution in [0.25, 0.3) is 33.1 Å². The van der Waals surface area contributed by atoms with E-state index in [2.05, 4.69) is 68.4 Å². The van der Waals surface area contributed by atoms with Crippen LogP contribution in [0.3, 0.4) is 0 Å². The van der Waals surface area contributed by atoms with E-state index >= 15 is 0 Å². The molecule has 0 bridgehead atoms. The van der Waals surface area contributed by atoms with Gasteiger partial charge in [0, 0.05) is 10.8 Å². The highest BCUT2D eigenvalue weighted by atomic mass is 16.3. The molecule has 0 saturated heterocycles. The lowest BCUT2D eigenvalue weighted by Crippen LogP contribution is -1.93. The average Bonchev–Trinajstić information content (AvgIpc) is 2.92. The van der Waals surface area contributed by atoms with Crippen molar-refractivity contribution in [2.45, 2.75) is 20.3 Å². The first-order chi connectivity index (χ1) is 11.2. The summed E-state index contributed by atoms with van der Waals surface area (Å²) >= 11 is 0. The maximum absolute atomic E-state index is 5.99. The maximum Gasteiger partial charge on any atom is 0.136 e. The lowest BCUT2D eigenvalue weighted by atomic mass is 9.98. The van der Waals surface area contributed by atoms with Crippen molar-refractivity contribution in [3.05, 3.63) is 72.3 Å². The topological polar surface area (TPSA) is 13.1 Å². The summed E-state index contributed by atoms with van der Waals surface area (Å²) in [7, 11) is 0. The van der Waals surface area contributed by atoms with E-state index in [-0.39, 0.29) is 0 Å². The molecule has 0 radical (unpaired) electrons. The van der Waals surface area contributed by atoms with Crippen LogP contribution in [-0.4, -0.2) is 0 Å². The molecule has 4 aromatic rings. The summed E-state index contributed by atoms with van der Waals surface area (Å²) in [6.07, 6.45) is 1.13. The van der Waals surface area contributed by atoms with Crippen LogP contribution in [0, 0.1) is 5.92 Å². The van der Waals surface area contributed by atoms with Gasteiger partial charge < -0.3 is 4.42 Å². The number of hydrogen-bond acceptors (Lipinski definition) is 1. The molecule has 1 heteroatoms. The van der Waals surface area contributed by atoms with Crippen LogP contribution in [0.15, 0.2) is 71.1 Å². The van der Waals surface area contributed by atoms with E-state index in [9.17, 15) is 0 Å². The summed E-state index contributed by atoms with van der Waals surface area (Å²) in [5.74, 6) is 0.688. The van der Waals surface area contributed by atoms with Crippen LogP contribution in [0.1, 0.15) is 19.4 Å². The third-order valence-corrected chi connectivity index (χ3v) is 4.31. The standard InChI is InChI=1S/C22H20O/c1-15(2)13-16-7-9-17(10-8-16)18-11-12-20-19-5-3-4-6-21(19)23-22(20)14-18/h3-12,14-15H,13H2,1-2H3. The van der Waals surface area contributed by atoms with E-state index in [0.717, 1.165) is 17.6 Å². The van der Waals surface area contributed by atoms with E-state index in [4.69, 9.17) is 4.42 Å². The highest BCUT2D eigenvalue weighted by molar-refractivity contribution is 6.05. The van der Waals surface area contributed by atoms with Crippen LogP contribution in [0.2, 0.25) is 0 Å². The number of hydrogen-bond donors (Lipinski definition) is 0. The largest absolute Gasteiger partial charge is 0.456 e. The molecule has 1 aromatic heterocycles. The van der Waals surface area contributed by atoms with E-state index in [1.807, 2.05) is 12.1 Å². The van der Waals surface area contributed by atoms with Crippen molar-refractivity contribution in [3.8, 4) is 11.1 Å². The van der Waals surface area contributed by atoms with Gasteiger partial charge in [-0.3, -0.25) is 0 Å². The van der Waals surface area contributed by atoms with Crippen molar-refractivity contribution < 1.29 is 4.42 Å². The molecule has 0 amide bonds. The van der Waals surface area contributed by atoms with Crippen molar-refractivity contribution in [2.75, 3.05) is 0 Å². The van der Waals surface area contributed by atoms with Gasteiger partial charge in [0.15, 0.2) is 0 Å². The molecule has 23 heavy (non-hydrogen) atoms. The van der Waals surface area contributed by atoms with Crippen LogP contribution in [0.4, 0.5) is 0 Å². The molecule has 0 atom stereocenters. The molecule has 1 nitrogen and oxygen atoms in total. The number of rotatable bonds is 3. The Morgan fingerprint density at radius 3 is 2.22 bits per heavy atom. The molecule has 114 valence electrons. The Morgan fingerprint density at radius 1 is 0.739 bits per heavy atom. The number of para-hydroxylation sites is 1. The fourth-order valence-electron chi connectivity index (χ4n) is 3.21. The molecule has 3 aromatic carbocycles. The summed E-state index contributed by atoms with van der Waals surface area (Å²) in [5, 5.41) is 2.36. The van der Waals surface area contributed by atoms with Crippen LogP contribution in [0.5, 0.6) is 0 Å². The predicted molar refractivity (Wildman–Crippen MR) is 97.7 cm³/mol. The van der Waals surface area contributed by atoms with E-state index in [1.54, 1.807) is 0 Å². The summed E-state index contributed by atoms with van der Waals surface area (Å²) in [6.45, 7) is 4.51. The fraction of sp³-hybridized carbons (Fsp3) is 0.182. The molecule has 0 spiro atoms. The summed E-state index contributed by atoms with van der Waals surface area (Å²) in [6, 6.07) is 23.6. The third-order valence-electron chi connectivity index (χ3n) is 4.31. The van der Waals surface area contributed by atoms with Gasteiger partial charge in [-0.05, 0) is 47.2 Å². The molecule has 0 N–H and O–H groups in total. The SMILES string of the molecule is CC(C)Cc1ccc(-c2ccc3c(c2)oc2ccccc23)cc1. The second-order valence-corrected chi connectivity index (χ2v) is 6.60. The summed E-state index contributed by atoms with van der Waals surface area (Å²) in [4.78, 5) is 0. The highest BCUT2D eigenvalue weighted by Gasteiger charge is 2.08. The zero-order chi connectivity index (χ0) is 15.8. The van der Waals surface area contributed by atoms with Crippen molar-refractivity contribution in [1.82, 2.24) is 0 Å². The quantitative estimate of drug-likeness (QED) is 0.423. The maximum atomic E-state index is 5.99. The zero-order valence-electron chi connectivity index (χ0n) is 13.5. The van der Waals surface area contributed by atoms with Gasteiger partial charge in [-0.2, -0.15) is 0 Å². The summed E-state index contributed by atoms with van der Waals surface area (Å²) < 4.78 is 5.99. The molecule has 0 aliphatic carbocycles. The van der Waals surface area contributed by atoms with Crippen molar-refractivity contribution in [1.29, 1.82) is 0 Å². The Bertz CT molecular complexity index is 958. The Hall–Kier alpha value is -2.54. The molecule has 0 saturated carbocycles. The molecular formula is C22H20O. The first kappa shape index (κ1) is 14.1. The fourth-order valence-corrected chi connectivity index (χ4v) is 3.21. The van der Waals surface area contributed by atoms with Gasteiger partial charge in [0.2, 0.25) is 0 Å². The van der Waals surface area contributed by atoms with Crippen molar-refractivity contribution in [3.63, 3.8) is 0 Å². The van der Waals surface area contributed by atoms with E-state index in [1.165, 1.54) is 27.5 Å². The van der Waals surface area contributed by atoms with E-state index < -0.39 is 0 Å². The number of benzene rings is 3. The number of fused-ring (bicyclic) bond motifs is 3. The van der Waals surface area contributed by atoms with Crippen molar-refractivity contribution >= 4 is 21.9 Å². The van der Waals surface area contributed by atoms with Gasteiger partial charge >= 0.3 is 0 Å². The normalized spacial score (nSPS) is 11.6. The lowest BCUT2D eigenvalue weighted by molar-refractivity contribution is 0.647. The minimum atomic E-state index is 0.688. The van der Waals surface area contributed by atoms with Gasteiger partial charge in [0.05, 0.1) is 0 Å². The Labute approximate surface area is 136 Å². The van der Waals surface area contributed by atoms with Crippen LogP contribution in [-0.2, 0) is 6.42 Å². The average molecular weight is 300 g/mol. The van der Waals surface area contributed by atoms with Gasteiger partial charge in [-0.1, -0.05) is 62.4 Å². The van der Waals surface area contributed by atoms with Gasteiger partial charge in [0.1, 0.15) is 11.2 Å². The molecule has 1 heterocycles. The second-order valence-electron chi connectivity index (χ2n) is 6.60. The third kappa shape index (κ3) is 2.63. The smallest absolute Gasteiger partial charge is 0.136 e. The first-order valence-corrected chi connectivity index (χ1v) is 8.21. The minimum absolute atomic E-state index is 0.688. The predicted octanol–water partition coefficient (Wildman–Crippen LogP) is 6.45. The second kappa shape index (κ2) is 5.58. The molecule has 0 aliphatic heterocycles. The van der Waals surface area contributed by atoms with Crippen molar-refractivity contribution in [2.24, 2.45) is 5.92 Å². The van der Waals surface area contributed by atoms with Crippen LogP contribution < -0.4 is 0 Å². The lowest BCUT2D eigenvalue weighted by Gasteiger charge is -2.07. The van der Waals surface area contributed by atoms with Gasteiger partial charge in [-0.25, -0.2) is 0 Å². The Morgan fingerprint density at radius 2 is 1.43 bits per heavy atom. The minimum Gasteiger partial charge on any atom is -0.456 e.